The Kier molecular flexibility index (Phi) is 7.05. The zero-order valence-electron chi connectivity index (χ0n) is 21.2. The lowest BCUT2D eigenvalue weighted by Gasteiger charge is -2.57. The molecule has 1 aromatic heterocycles. The molecule has 10 heteroatoms. The molecule has 0 spiro atoms. The largest absolute Gasteiger partial charge is 0.496 e. The normalized spacial score (nSPS) is 24.1. The lowest BCUT2D eigenvalue weighted by Crippen LogP contribution is -2.67. The highest BCUT2D eigenvalue weighted by atomic mass is 35.5. The maximum Gasteiger partial charge on any atom is 0.290 e. The van der Waals surface area contributed by atoms with E-state index in [-0.39, 0.29) is 51.9 Å². The van der Waals surface area contributed by atoms with Crippen LogP contribution in [0.1, 0.15) is 49.6 Å². The molecule has 1 atom stereocenters. The van der Waals surface area contributed by atoms with Gasteiger partial charge in [0.25, 0.3) is 11.8 Å². The average Bonchev–Trinajstić information content (AvgIpc) is 3.41. The molecule has 0 saturated heterocycles. The smallest absolute Gasteiger partial charge is 0.290 e. The van der Waals surface area contributed by atoms with E-state index in [1.165, 1.54) is 12.1 Å². The van der Waals surface area contributed by atoms with Crippen molar-refractivity contribution in [2.45, 2.75) is 50.1 Å². The van der Waals surface area contributed by atoms with Crippen molar-refractivity contribution >= 4 is 23.4 Å². The van der Waals surface area contributed by atoms with Crippen LogP contribution in [-0.4, -0.2) is 41.8 Å². The molecule has 1 heterocycles. The first-order chi connectivity index (χ1) is 18.2. The molecular formula is C28H29ClFN3O5. The predicted molar refractivity (Wildman–Crippen MR) is 139 cm³/mol. The van der Waals surface area contributed by atoms with Crippen LogP contribution in [0.15, 0.2) is 53.1 Å². The first kappa shape index (κ1) is 26.0. The van der Waals surface area contributed by atoms with Gasteiger partial charge in [0, 0.05) is 28.8 Å². The number of amides is 2. The van der Waals surface area contributed by atoms with Gasteiger partial charge in [-0.3, -0.25) is 9.59 Å². The van der Waals surface area contributed by atoms with Crippen molar-refractivity contribution in [1.82, 2.24) is 15.8 Å². The SMILES string of the molecule is COc1ccccc1-c1cc(C(=O)NC23CCC(NC(=O)COc4ccc(Cl)c(F)c4)(CC2)C(C)C3)on1. The van der Waals surface area contributed by atoms with Crippen molar-refractivity contribution in [2.24, 2.45) is 5.92 Å². The van der Waals surface area contributed by atoms with Gasteiger partial charge in [-0.25, -0.2) is 4.39 Å². The van der Waals surface area contributed by atoms with Crippen LogP contribution in [0.3, 0.4) is 0 Å². The summed E-state index contributed by atoms with van der Waals surface area (Å²) in [5.41, 5.74) is 0.515. The van der Waals surface area contributed by atoms with E-state index in [1.54, 1.807) is 13.2 Å². The van der Waals surface area contributed by atoms with Gasteiger partial charge >= 0.3 is 0 Å². The van der Waals surface area contributed by atoms with Crippen LogP contribution < -0.4 is 20.1 Å². The topological polar surface area (TPSA) is 103 Å². The fraction of sp³-hybridized carbons (Fsp3) is 0.393. The number of aromatic nitrogens is 1. The summed E-state index contributed by atoms with van der Waals surface area (Å²) >= 11 is 5.70. The maximum absolute atomic E-state index is 13.6. The van der Waals surface area contributed by atoms with Gasteiger partial charge in [-0.15, -0.1) is 0 Å². The second kappa shape index (κ2) is 10.3. The number of para-hydroxylation sites is 1. The summed E-state index contributed by atoms with van der Waals surface area (Å²) in [7, 11) is 1.58. The van der Waals surface area contributed by atoms with Crippen LogP contribution in [0, 0.1) is 11.7 Å². The number of nitrogens with zero attached hydrogens (tertiary/aromatic N) is 1. The molecule has 2 bridgehead atoms. The van der Waals surface area contributed by atoms with Crippen LogP contribution in [-0.2, 0) is 4.79 Å². The number of hydrogen-bond acceptors (Lipinski definition) is 6. The van der Waals surface area contributed by atoms with Gasteiger partial charge in [0.05, 0.1) is 12.1 Å². The second-order valence-electron chi connectivity index (χ2n) is 10.2. The van der Waals surface area contributed by atoms with Crippen LogP contribution >= 0.6 is 11.6 Å². The van der Waals surface area contributed by atoms with E-state index in [0.29, 0.717) is 11.4 Å². The number of carbonyl (C=O) groups excluding carboxylic acids is 2. The standard InChI is InChI=1S/C28H29ClFN3O5/c1-17-15-27(32-26(35)24-14-22(33-38-24)19-5-3-4-6-23(19)36-2)9-11-28(17,12-10-27)31-25(34)16-37-18-7-8-20(29)21(30)13-18/h3-8,13-14,17H,9-12,15-16H2,1-2H3,(H,31,34)(H,32,35). The first-order valence-corrected chi connectivity index (χ1v) is 12.9. The Morgan fingerprint density at radius 1 is 1.13 bits per heavy atom. The number of fused-ring (bicyclic) bond motifs is 3. The summed E-state index contributed by atoms with van der Waals surface area (Å²) in [6, 6.07) is 13.1. The number of halogens is 2. The zero-order chi connectivity index (χ0) is 26.9. The summed E-state index contributed by atoms with van der Waals surface area (Å²) in [6.45, 7) is 1.86. The molecule has 2 amide bonds. The second-order valence-corrected chi connectivity index (χ2v) is 10.6. The third-order valence-corrected chi connectivity index (χ3v) is 8.19. The molecule has 3 saturated carbocycles. The lowest BCUT2D eigenvalue weighted by atomic mass is 9.56. The third kappa shape index (κ3) is 5.07. The summed E-state index contributed by atoms with van der Waals surface area (Å²) in [6.07, 6.45) is 3.60. The van der Waals surface area contributed by atoms with E-state index in [2.05, 4.69) is 22.7 Å². The van der Waals surface area contributed by atoms with Gasteiger partial charge in [-0.05, 0) is 62.3 Å². The van der Waals surface area contributed by atoms with Crippen LogP contribution in [0.25, 0.3) is 11.3 Å². The molecule has 0 aliphatic heterocycles. The van der Waals surface area contributed by atoms with E-state index < -0.39 is 5.82 Å². The number of rotatable bonds is 8. The highest BCUT2D eigenvalue weighted by Crippen LogP contribution is 2.50. The van der Waals surface area contributed by atoms with Crippen LogP contribution in [0.4, 0.5) is 4.39 Å². The van der Waals surface area contributed by atoms with E-state index in [0.717, 1.165) is 43.7 Å². The summed E-state index contributed by atoms with van der Waals surface area (Å²) < 4.78 is 29.9. The van der Waals surface area contributed by atoms with Crippen molar-refractivity contribution in [3.05, 3.63) is 65.1 Å². The fourth-order valence-electron chi connectivity index (χ4n) is 5.77. The molecule has 38 heavy (non-hydrogen) atoms. The van der Waals surface area contributed by atoms with E-state index >= 15 is 0 Å². The minimum Gasteiger partial charge on any atom is -0.496 e. The lowest BCUT2D eigenvalue weighted by molar-refractivity contribution is -0.128. The van der Waals surface area contributed by atoms with Crippen molar-refractivity contribution in [3.8, 4) is 22.8 Å². The van der Waals surface area contributed by atoms with Crippen molar-refractivity contribution in [1.29, 1.82) is 0 Å². The molecule has 200 valence electrons. The molecule has 6 rings (SSSR count). The molecular weight excluding hydrogens is 513 g/mol. The summed E-state index contributed by atoms with van der Waals surface area (Å²) in [4.78, 5) is 25.8. The molecule has 1 unspecified atom stereocenters. The Balaban J connectivity index is 1.19. The number of ether oxygens (including phenoxy) is 2. The number of hydrogen-bond donors (Lipinski definition) is 2. The van der Waals surface area contributed by atoms with Gasteiger partial charge in [-0.2, -0.15) is 0 Å². The van der Waals surface area contributed by atoms with E-state index in [4.69, 9.17) is 25.6 Å². The van der Waals surface area contributed by atoms with E-state index in [1.807, 2.05) is 24.3 Å². The number of methoxy groups -OCH3 is 1. The van der Waals surface area contributed by atoms with Crippen LogP contribution in [0.2, 0.25) is 5.02 Å². The highest BCUT2D eigenvalue weighted by molar-refractivity contribution is 6.30. The molecule has 0 radical (unpaired) electrons. The fourth-order valence-corrected chi connectivity index (χ4v) is 5.89. The minimum atomic E-state index is -0.601. The number of nitrogens with one attached hydrogen (secondary N) is 2. The molecule has 3 aliphatic rings. The number of carbonyl (C=O) groups is 2. The van der Waals surface area contributed by atoms with Crippen molar-refractivity contribution < 1.29 is 28.0 Å². The Hall–Kier alpha value is -3.59. The summed E-state index contributed by atoms with van der Waals surface area (Å²) in [5, 5.41) is 10.4. The minimum absolute atomic E-state index is 0.00493. The monoisotopic (exact) mass is 541 g/mol. The third-order valence-electron chi connectivity index (χ3n) is 7.88. The van der Waals surface area contributed by atoms with Gasteiger partial charge in [0.1, 0.15) is 23.0 Å². The molecule has 2 N–H and O–H groups in total. The van der Waals surface area contributed by atoms with Gasteiger partial charge in [-0.1, -0.05) is 35.8 Å². The van der Waals surface area contributed by atoms with Gasteiger partial charge < -0.3 is 24.6 Å². The molecule has 3 aliphatic carbocycles. The Labute approximate surface area is 224 Å². The van der Waals surface area contributed by atoms with Gasteiger partial charge in [0.15, 0.2) is 6.61 Å². The summed E-state index contributed by atoms with van der Waals surface area (Å²) in [5.74, 6) is -0.0348. The van der Waals surface area contributed by atoms with E-state index in [9.17, 15) is 14.0 Å². The van der Waals surface area contributed by atoms with Crippen molar-refractivity contribution in [2.75, 3.05) is 13.7 Å². The molecule has 3 aromatic rings. The maximum atomic E-state index is 13.6. The first-order valence-electron chi connectivity index (χ1n) is 12.5. The Bertz CT molecular complexity index is 1350. The van der Waals surface area contributed by atoms with Crippen LogP contribution in [0.5, 0.6) is 11.5 Å². The average molecular weight is 542 g/mol. The number of benzene rings is 2. The molecule has 3 fully saturated rings. The molecule has 8 nitrogen and oxygen atoms in total. The Morgan fingerprint density at radius 2 is 1.89 bits per heavy atom. The van der Waals surface area contributed by atoms with Gasteiger partial charge in [0.2, 0.25) is 5.76 Å². The highest BCUT2D eigenvalue weighted by Gasteiger charge is 2.54. The predicted octanol–water partition coefficient (Wildman–Crippen LogP) is 5.16. The zero-order valence-corrected chi connectivity index (χ0v) is 21.9. The Morgan fingerprint density at radius 3 is 2.61 bits per heavy atom. The quantitative estimate of drug-likeness (QED) is 0.408. The molecule has 2 aromatic carbocycles. The van der Waals surface area contributed by atoms with Crippen molar-refractivity contribution in [3.63, 3.8) is 0 Å².